The lowest BCUT2D eigenvalue weighted by Gasteiger charge is -2.27. The quantitative estimate of drug-likeness (QED) is 0.882. The highest BCUT2D eigenvalue weighted by Crippen LogP contribution is 2.27. The van der Waals surface area contributed by atoms with Crippen molar-refractivity contribution >= 4 is 5.91 Å². The topological polar surface area (TPSA) is 71.2 Å². The second-order valence-corrected chi connectivity index (χ2v) is 5.95. The van der Waals surface area contributed by atoms with Gasteiger partial charge in [0.25, 0.3) is 0 Å². The van der Waals surface area contributed by atoms with Crippen LogP contribution >= 0.6 is 0 Å². The van der Waals surface area contributed by atoms with Crippen LogP contribution in [0.25, 0.3) is 0 Å². The second kappa shape index (κ2) is 7.37. The summed E-state index contributed by atoms with van der Waals surface area (Å²) in [5, 5.41) is 14.4. The Kier molecular flexibility index (Phi) is 5.02. The van der Waals surface area contributed by atoms with Gasteiger partial charge in [-0.3, -0.25) is 9.48 Å². The van der Waals surface area contributed by atoms with E-state index >= 15 is 0 Å². The fraction of sp³-hybridized carbons (Fsp3) is 0.471. The molecule has 6 heteroatoms. The molecular weight excluding hydrogens is 292 g/mol. The lowest BCUT2D eigenvalue weighted by atomic mass is 10.0. The molecule has 3 rings (SSSR count). The third-order valence-electron chi connectivity index (χ3n) is 4.40. The predicted octanol–water partition coefficient (Wildman–Crippen LogP) is 1.78. The van der Waals surface area contributed by atoms with Crippen LogP contribution in [0.5, 0.6) is 0 Å². The summed E-state index contributed by atoms with van der Waals surface area (Å²) in [7, 11) is 0. The Bertz CT molecular complexity index is 615. The van der Waals surface area contributed by atoms with Crippen LogP contribution in [0.4, 0.5) is 0 Å². The molecule has 122 valence electrons. The monoisotopic (exact) mass is 314 g/mol. The number of rotatable bonds is 6. The van der Waals surface area contributed by atoms with Gasteiger partial charge >= 0.3 is 0 Å². The van der Waals surface area contributed by atoms with Crippen molar-refractivity contribution in [1.29, 1.82) is 0 Å². The summed E-state index contributed by atoms with van der Waals surface area (Å²) in [5.74, 6) is 0.128. The first-order valence-corrected chi connectivity index (χ1v) is 8.09. The van der Waals surface area contributed by atoms with Gasteiger partial charge in [0.2, 0.25) is 5.91 Å². The van der Waals surface area contributed by atoms with E-state index in [1.165, 1.54) is 6.33 Å². The molecule has 1 saturated heterocycles. The molecule has 2 heterocycles. The van der Waals surface area contributed by atoms with Crippen LogP contribution in [-0.2, 0) is 11.3 Å². The summed E-state index contributed by atoms with van der Waals surface area (Å²) >= 11 is 0. The average Bonchev–Trinajstić information content (AvgIpc) is 3.25. The van der Waals surface area contributed by atoms with Crippen molar-refractivity contribution in [1.82, 2.24) is 19.7 Å². The second-order valence-electron chi connectivity index (χ2n) is 5.95. The molecule has 1 aliphatic rings. The number of carbonyl (C=O) groups excluding carboxylic acids is 1. The fourth-order valence-electron chi connectivity index (χ4n) is 3.18. The molecular formula is C17H22N4O2. The number of hydrogen-bond donors (Lipinski definition) is 1. The average molecular weight is 314 g/mol. The van der Waals surface area contributed by atoms with Gasteiger partial charge in [-0.05, 0) is 24.8 Å². The molecule has 0 radical (unpaired) electrons. The molecule has 0 spiro atoms. The number of aryl methyl sites for hydroxylation is 1. The Morgan fingerprint density at radius 1 is 1.35 bits per heavy atom. The molecule has 23 heavy (non-hydrogen) atoms. The molecule has 6 nitrogen and oxygen atoms in total. The Labute approximate surface area is 135 Å². The molecule has 1 N–H and O–H groups in total. The predicted molar refractivity (Wildman–Crippen MR) is 85.4 cm³/mol. The number of aliphatic hydroxyl groups excluding tert-OH is 1. The van der Waals surface area contributed by atoms with Crippen LogP contribution in [0.3, 0.4) is 0 Å². The van der Waals surface area contributed by atoms with Crippen LogP contribution in [-0.4, -0.2) is 43.3 Å². The molecule has 1 aromatic heterocycles. The Hall–Kier alpha value is -2.21. The highest BCUT2D eigenvalue weighted by atomic mass is 16.3. The number of aliphatic hydroxyl groups is 1. The molecule has 2 atom stereocenters. The first-order chi connectivity index (χ1) is 11.2. The van der Waals surface area contributed by atoms with E-state index in [1.807, 2.05) is 35.2 Å². The fourth-order valence-corrected chi connectivity index (χ4v) is 3.18. The van der Waals surface area contributed by atoms with Crippen molar-refractivity contribution in [3.63, 3.8) is 0 Å². The highest BCUT2D eigenvalue weighted by Gasteiger charge is 2.30. The van der Waals surface area contributed by atoms with Crippen molar-refractivity contribution in [3.8, 4) is 0 Å². The van der Waals surface area contributed by atoms with E-state index in [0.717, 1.165) is 24.9 Å². The molecule has 1 aliphatic heterocycles. The molecule has 0 aliphatic carbocycles. The molecule has 2 aromatic rings. The first-order valence-electron chi connectivity index (χ1n) is 8.09. The zero-order chi connectivity index (χ0) is 16.1. The normalized spacial score (nSPS) is 19.0. The van der Waals surface area contributed by atoms with Crippen LogP contribution < -0.4 is 0 Å². The smallest absolute Gasteiger partial charge is 0.224 e. The summed E-state index contributed by atoms with van der Waals surface area (Å²) in [5.41, 5.74) is 0.911. The van der Waals surface area contributed by atoms with Gasteiger partial charge < -0.3 is 10.0 Å². The number of nitrogens with zero attached hydrogens (tertiary/aromatic N) is 4. The summed E-state index contributed by atoms with van der Waals surface area (Å²) in [6.07, 6.45) is 5.54. The van der Waals surface area contributed by atoms with Crippen LogP contribution in [0.1, 0.15) is 37.4 Å². The molecule has 0 bridgehead atoms. The minimum absolute atomic E-state index is 0.119. The summed E-state index contributed by atoms with van der Waals surface area (Å²) in [6.45, 7) is 1.33. The minimum atomic E-state index is -0.523. The molecule has 1 amide bonds. The van der Waals surface area contributed by atoms with Gasteiger partial charge in [-0.2, -0.15) is 5.10 Å². The third kappa shape index (κ3) is 3.96. The zero-order valence-electron chi connectivity index (χ0n) is 13.1. The Balaban J connectivity index is 1.55. The van der Waals surface area contributed by atoms with Crippen LogP contribution in [0, 0.1) is 0 Å². The van der Waals surface area contributed by atoms with Gasteiger partial charge in [-0.25, -0.2) is 4.98 Å². The number of hydrogen-bond acceptors (Lipinski definition) is 4. The van der Waals surface area contributed by atoms with Crippen molar-refractivity contribution in [2.45, 2.75) is 44.4 Å². The molecule has 1 aromatic carbocycles. The SMILES string of the molecule is O=C(CCn1cncn1)N1CCCC1CC(O)c1ccccc1. The lowest BCUT2D eigenvalue weighted by Crippen LogP contribution is -2.36. The third-order valence-corrected chi connectivity index (χ3v) is 4.40. The van der Waals surface area contributed by atoms with Crippen molar-refractivity contribution in [2.75, 3.05) is 6.54 Å². The van der Waals surface area contributed by atoms with E-state index in [1.54, 1.807) is 11.0 Å². The summed E-state index contributed by atoms with van der Waals surface area (Å²) in [6, 6.07) is 9.76. The Morgan fingerprint density at radius 2 is 2.17 bits per heavy atom. The number of aromatic nitrogens is 3. The van der Waals surface area contributed by atoms with E-state index in [4.69, 9.17) is 0 Å². The maximum Gasteiger partial charge on any atom is 0.224 e. The van der Waals surface area contributed by atoms with E-state index in [0.29, 0.717) is 19.4 Å². The van der Waals surface area contributed by atoms with Gasteiger partial charge in [0, 0.05) is 19.0 Å². The van der Waals surface area contributed by atoms with E-state index < -0.39 is 6.10 Å². The zero-order valence-corrected chi connectivity index (χ0v) is 13.1. The number of likely N-dealkylation sites (tertiary alicyclic amines) is 1. The van der Waals surface area contributed by atoms with Gasteiger partial charge in [0.05, 0.1) is 12.6 Å². The van der Waals surface area contributed by atoms with Crippen molar-refractivity contribution in [2.24, 2.45) is 0 Å². The lowest BCUT2D eigenvalue weighted by molar-refractivity contribution is -0.132. The van der Waals surface area contributed by atoms with Gasteiger partial charge in [-0.15, -0.1) is 0 Å². The Morgan fingerprint density at radius 3 is 2.91 bits per heavy atom. The highest BCUT2D eigenvalue weighted by molar-refractivity contribution is 5.76. The first kappa shape index (κ1) is 15.7. The summed E-state index contributed by atoms with van der Waals surface area (Å²) in [4.78, 5) is 18.3. The molecule has 0 saturated carbocycles. The van der Waals surface area contributed by atoms with Gasteiger partial charge in [-0.1, -0.05) is 30.3 Å². The van der Waals surface area contributed by atoms with E-state index in [-0.39, 0.29) is 11.9 Å². The van der Waals surface area contributed by atoms with Crippen LogP contribution in [0.15, 0.2) is 43.0 Å². The summed E-state index contributed by atoms with van der Waals surface area (Å²) < 4.78 is 1.67. The molecule has 1 fully saturated rings. The minimum Gasteiger partial charge on any atom is -0.388 e. The molecule has 2 unspecified atom stereocenters. The number of benzene rings is 1. The standard InChI is InChI=1S/C17H22N4O2/c22-16(14-5-2-1-3-6-14)11-15-7-4-9-21(15)17(23)8-10-20-13-18-12-19-20/h1-3,5-6,12-13,15-16,22H,4,7-11H2. The van der Waals surface area contributed by atoms with Crippen LogP contribution in [0.2, 0.25) is 0 Å². The number of carbonyl (C=O) groups is 1. The van der Waals surface area contributed by atoms with E-state index in [9.17, 15) is 9.90 Å². The van der Waals surface area contributed by atoms with Crippen molar-refractivity contribution < 1.29 is 9.90 Å². The number of amides is 1. The van der Waals surface area contributed by atoms with Gasteiger partial charge in [0.15, 0.2) is 0 Å². The van der Waals surface area contributed by atoms with Gasteiger partial charge in [0.1, 0.15) is 12.7 Å². The van der Waals surface area contributed by atoms with E-state index in [2.05, 4.69) is 10.1 Å². The van der Waals surface area contributed by atoms with Crippen molar-refractivity contribution in [3.05, 3.63) is 48.5 Å². The maximum atomic E-state index is 12.5. The largest absolute Gasteiger partial charge is 0.388 e. The maximum absolute atomic E-state index is 12.5.